The average Bonchev–Trinajstić information content (AvgIpc) is 2.73. The van der Waals surface area contributed by atoms with E-state index in [0.717, 1.165) is 22.4 Å². The van der Waals surface area contributed by atoms with Crippen LogP contribution in [0.3, 0.4) is 0 Å². The summed E-state index contributed by atoms with van der Waals surface area (Å²) >= 11 is 0. The molecule has 1 amide bonds. The molecule has 4 nitrogen and oxygen atoms in total. The van der Waals surface area contributed by atoms with Crippen molar-refractivity contribution >= 4 is 21.4 Å². The zero-order chi connectivity index (χ0) is 24.2. The van der Waals surface area contributed by atoms with Gasteiger partial charge in [0.2, 0.25) is 5.91 Å². The Bertz CT molecular complexity index is 1170. The summed E-state index contributed by atoms with van der Waals surface area (Å²) in [6.45, 7) is 5.81. The molecule has 0 aliphatic rings. The maximum Gasteiger partial charge on any atom is 0.224 e. The van der Waals surface area contributed by atoms with Crippen LogP contribution < -0.4 is 5.32 Å². The summed E-state index contributed by atoms with van der Waals surface area (Å²) in [7, 11) is -3.77. The molecule has 0 aliphatic carbocycles. The predicted molar refractivity (Wildman–Crippen MR) is 127 cm³/mol. The van der Waals surface area contributed by atoms with Crippen LogP contribution in [0.5, 0.6) is 0 Å². The summed E-state index contributed by atoms with van der Waals surface area (Å²) in [5.41, 5.74) is 4.50. The molecule has 174 valence electrons. The van der Waals surface area contributed by atoms with Crippen molar-refractivity contribution in [3.63, 3.8) is 0 Å². The van der Waals surface area contributed by atoms with Gasteiger partial charge in [0, 0.05) is 12.1 Å². The van der Waals surface area contributed by atoms with Gasteiger partial charge >= 0.3 is 0 Å². The fourth-order valence-corrected chi connectivity index (χ4v) is 5.94. The molecule has 0 aromatic heterocycles. The van der Waals surface area contributed by atoms with E-state index < -0.39 is 26.7 Å². The van der Waals surface area contributed by atoms with Crippen molar-refractivity contribution in [2.75, 3.05) is 11.1 Å². The lowest BCUT2D eigenvalue weighted by molar-refractivity contribution is -0.116. The van der Waals surface area contributed by atoms with Crippen LogP contribution >= 0.6 is 0 Å². The molecular formula is C26H27F2NO3S. The molecule has 0 fully saturated rings. The number of hydrogen-bond acceptors (Lipinski definition) is 3. The van der Waals surface area contributed by atoms with Crippen LogP contribution in [0.4, 0.5) is 14.5 Å². The summed E-state index contributed by atoms with van der Waals surface area (Å²) in [5, 5.41) is 1.80. The van der Waals surface area contributed by atoms with Gasteiger partial charge < -0.3 is 5.32 Å². The second kappa shape index (κ2) is 10.3. The minimum absolute atomic E-state index is 0.0333. The van der Waals surface area contributed by atoms with Crippen LogP contribution in [0.15, 0.2) is 60.7 Å². The Morgan fingerprint density at radius 2 is 1.30 bits per heavy atom. The van der Waals surface area contributed by atoms with Crippen molar-refractivity contribution in [3.8, 4) is 0 Å². The predicted octanol–water partition coefficient (Wildman–Crippen LogP) is 5.81. The Morgan fingerprint density at radius 1 is 0.848 bits per heavy atom. The van der Waals surface area contributed by atoms with Crippen molar-refractivity contribution < 1.29 is 22.0 Å². The SMILES string of the molecule is Cc1cc(C)c(NC(=O)CCCS(=O)(=O)C(c2ccc(F)cc2)c2ccc(F)cc2)c(C)c1. The molecule has 0 unspecified atom stereocenters. The number of nitrogens with one attached hydrogen (secondary N) is 1. The second-order valence-corrected chi connectivity index (χ2v) is 10.5. The zero-order valence-corrected chi connectivity index (χ0v) is 19.7. The van der Waals surface area contributed by atoms with Gasteiger partial charge in [-0.1, -0.05) is 42.0 Å². The maximum absolute atomic E-state index is 13.4. The van der Waals surface area contributed by atoms with Crippen LogP contribution in [-0.4, -0.2) is 20.1 Å². The maximum atomic E-state index is 13.4. The minimum Gasteiger partial charge on any atom is -0.326 e. The van der Waals surface area contributed by atoms with E-state index >= 15 is 0 Å². The molecule has 0 radical (unpaired) electrons. The molecule has 0 saturated heterocycles. The van der Waals surface area contributed by atoms with E-state index in [-0.39, 0.29) is 24.5 Å². The van der Waals surface area contributed by atoms with Gasteiger partial charge in [0.1, 0.15) is 16.9 Å². The quantitative estimate of drug-likeness (QED) is 0.451. The molecule has 1 N–H and O–H groups in total. The monoisotopic (exact) mass is 471 g/mol. The lowest BCUT2D eigenvalue weighted by Gasteiger charge is -2.19. The van der Waals surface area contributed by atoms with Crippen LogP contribution in [0.25, 0.3) is 0 Å². The molecule has 3 aromatic carbocycles. The highest BCUT2D eigenvalue weighted by molar-refractivity contribution is 7.91. The first-order valence-corrected chi connectivity index (χ1v) is 12.4. The van der Waals surface area contributed by atoms with Crippen molar-refractivity contribution in [1.29, 1.82) is 0 Å². The molecule has 3 rings (SSSR count). The average molecular weight is 472 g/mol. The van der Waals surface area contributed by atoms with E-state index in [1.165, 1.54) is 48.5 Å². The van der Waals surface area contributed by atoms with Crippen LogP contribution in [0.2, 0.25) is 0 Å². The first kappa shape index (κ1) is 24.6. The molecule has 0 aliphatic heterocycles. The lowest BCUT2D eigenvalue weighted by Crippen LogP contribution is -2.20. The number of anilines is 1. The summed E-state index contributed by atoms with van der Waals surface area (Å²) in [6, 6.07) is 14.4. The number of benzene rings is 3. The topological polar surface area (TPSA) is 63.2 Å². The number of sulfone groups is 1. The molecule has 0 heterocycles. The number of carbonyl (C=O) groups excluding carboxylic acids is 1. The summed E-state index contributed by atoms with van der Waals surface area (Å²) < 4.78 is 53.4. The Labute approximate surface area is 193 Å². The van der Waals surface area contributed by atoms with E-state index in [9.17, 15) is 22.0 Å². The number of carbonyl (C=O) groups is 1. The summed E-state index contributed by atoms with van der Waals surface area (Å²) in [5.74, 6) is -1.47. The van der Waals surface area contributed by atoms with Gasteiger partial charge in [0.25, 0.3) is 0 Å². The highest BCUT2D eigenvalue weighted by Gasteiger charge is 2.29. The van der Waals surface area contributed by atoms with E-state index in [1.54, 1.807) is 0 Å². The van der Waals surface area contributed by atoms with Gasteiger partial charge in [-0.25, -0.2) is 17.2 Å². The van der Waals surface area contributed by atoms with Gasteiger partial charge in [-0.2, -0.15) is 0 Å². The fourth-order valence-electron chi connectivity index (χ4n) is 4.01. The van der Waals surface area contributed by atoms with Crippen molar-refractivity contribution in [2.24, 2.45) is 0 Å². The fraction of sp³-hybridized carbons (Fsp3) is 0.269. The Kier molecular flexibility index (Phi) is 7.64. The number of amides is 1. The molecule has 0 atom stereocenters. The third-order valence-electron chi connectivity index (χ3n) is 5.48. The van der Waals surface area contributed by atoms with E-state index in [2.05, 4.69) is 5.32 Å². The molecule has 7 heteroatoms. The highest BCUT2D eigenvalue weighted by atomic mass is 32.2. The minimum atomic E-state index is -3.77. The third-order valence-corrected chi connectivity index (χ3v) is 7.60. The summed E-state index contributed by atoms with van der Waals surface area (Å²) in [6.07, 6.45) is 0.155. The van der Waals surface area contributed by atoms with E-state index in [4.69, 9.17) is 0 Å². The van der Waals surface area contributed by atoms with Gasteiger partial charge in [-0.05, 0) is 73.7 Å². The largest absolute Gasteiger partial charge is 0.326 e. The molecule has 0 bridgehead atoms. The van der Waals surface area contributed by atoms with Crippen LogP contribution in [0, 0.1) is 32.4 Å². The van der Waals surface area contributed by atoms with Crippen LogP contribution in [0.1, 0.15) is 45.9 Å². The number of aryl methyl sites for hydroxylation is 3. The second-order valence-electron chi connectivity index (χ2n) is 8.28. The molecule has 0 spiro atoms. The smallest absolute Gasteiger partial charge is 0.224 e. The Balaban J connectivity index is 1.74. The highest BCUT2D eigenvalue weighted by Crippen LogP contribution is 2.32. The molecule has 0 saturated carbocycles. The van der Waals surface area contributed by atoms with Gasteiger partial charge in [-0.15, -0.1) is 0 Å². The van der Waals surface area contributed by atoms with Crippen molar-refractivity contribution in [1.82, 2.24) is 0 Å². The normalized spacial score (nSPS) is 11.6. The van der Waals surface area contributed by atoms with E-state index in [1.807, 2.05) is 32.9 Å². The summed E-state index contributed by atoms with van der Waals surface area (Å²) in [4.78, 5) is 12.5. The zero-order valence-electron chi connectivity index (χ0n) is 18.9. The first-order valence-electron chi connectivity index (χ1n) is 10.7. The van der Waals surface area contributed by atoms with Crippen molar-refractivity contribution in [3.05, 3.63) is 100 Å². The number of halogens is 2. The molecule has 3 aromatic rings. The molecule has 33 heavy (non-hydrogen) atoms. The first-order chi connectivity index (χ1) is 15.6. The molecular weight excluding hydrogens is 444 g/mol. The third kappa shape index (κ3) is 6.26. The Morgan fingerprint density at radius 3 is 1.76 bits per heavy atom. The van der Waals surface area contributed by atoms with Crippen molar-refractivity contribution in [2.45, 2.75) is 38.9 Å². The van der Waals surface area contributed by atoms with Gasteiger partial charge in [0.05, 0.1) is 5.75 Å². The lowest BCUT2D eigenvalue weighted by atomic mass is 10.0. The van der Waals surface area contributed by atoms with Gasteiger partial charge in [0.15, 0.2) is 9.84 Å². The standard InChI is InChI=1S/C26H27F2NO3S/c1-17-15-18(2)25(19(3)16-17)29-24(30)5-4-14-33(31,32)26(20-6-10-22(27)11-7-20)21-8-12-23(28)13-9-21/h6-13,15-16,26H,4-5,14H2,1-3H3,(H,29,30). The van der Waals surface area contributed by atoms with E-state index in [0.29, 0.717) is 11.1 Å². The Hall–Kier alpha value is -3.06. The number of rotatable bonds is 8. The van der Waals surface area contributed by atoms with Gasteiger partial charge in [-0.3, -0.25) is 4.79 Å². The van der Waals surface area contributed by atoms with Crippen LogP contribution in [-0.2, 0) is 14.6 Å². The number of hydrogen-bond donors (Lipinski definition) is 1.